The lowest BCUT2D eigenvalue weighted by atomic mass is 9.67. The summed E-state index contributed by atoms with van der Waals surface area (Å²) in [4.78, 5) is 56.7. The van der Waals surface area contributed by atoms with Gasteiger partial charge in [-0.2, -0.15) is 0 Å². The monoisotopic (exact) mass is 521 g/mol. The predicted octanol–water partition coefficient (Wildman–Crippen LogP) is 2.04. The molecule has 4 aliphatic rings. The fraction of sp³-hybridized carbons (Fsp3) is 0.423. The number of nitrogens with one attached hydrogen (secondary N) is 1. The zero-order valence-electron chi connectivity index (χ0n) is 21.0. The van der Waals surface area contributed by atoms with E-state index in [2.05, 4.69) is 10.2 Å². The summed E-state index contributed by atoms with van der Waals surface area (Å²) < 4.78 is 10.9. The van der Waals surface area contributed by atoms with Crippen molar-refractivity contribution in [2.24, 2.45) is 5.41 Å². The molecule has 0 saturated carbocycles. The van der Waals surface area contributed by atoms with Crippen LogP contribution in [0.2, 0.25) is 0 Å². The van der Waals surface area contributed by atoms with E-state index in [-0.39, 0.29) is 18.9 Å². The molecule has 2 atom stereocenters. The maximum Gasteiger partial charge on any atom is 0.331 e. The molecule has 6 rings (SSSR count). The molecule has 0 unspecified atom stereocenters. The van der Waals surface area contributed by atoms with Crippen LogP contribution in [0.3, 0.4) is 0 Å². The Kier molecular flexibility index (Phi) is 5.53. The van der Waals surface area contributed by atoms with Gasteiger partial charge >= 0.3 is 6.03 Å². The van der Waals surface area contributed by atoms with Crippen LogP contribution in [0.15, 0.2) is 36.4 Å². The second kappa shape index (κ2) is 8.69. The van der Waals surface area contributed by atoms with Crippen LogP contribution in [-0.2, 0) is 22.6 Å². The minimum Gasteiger partial charge on any atom is -0.454 e. The minimum absolute atomic E-state index is 0.0375. The summed E-state index contributed by atoms with van der Waals surface area (Å²) in [5, 5.41) is 13.9. The number of fused-ring (bicyclic) bond motifs is 5. The molecule has 2 fully saturated rings. The third-order valence-electron chi connectivity index (χ3n) is 7.89. The number of benzene rings is 2. The number of piperazine rings is 1. The van der Waals surface area contributed by atoms with Crippen molar-refractivity contribution in [3.05, 3.63) is 57.6 Å². The molecule has 4 amide bonds. The number of nitro groups is 1. The first-order valence-electron chi connectivity index (χ1n) is 12.5. The van der Waals surface area contributed by atoms with Crippen LogP contribution in [0.25, 0.3) is 0 Å². The van der Waals surface area contributed by atoms with E-state index in [1.54, 1.807) is 19.9 Å². The fourth-order valence-corrected chi connectivity index (χ4v) is 6.11. The van der Waals surface area contributed by atoms with Crippen molar-refractivity contribution in [1.82, 2.24) is 15.1 Å². The van der Waals surface area contributed by atoms with Crippen LogP contribution in [0.5, 0.6) is 11.5 Å². The van der Waals surface area contributed by atoms with Gasteiger partial charge in [-0.1, -0.05) is 6.07 Å². The number of rotatable bonds is 4. The van der Waals surface area contributed by atoms with Crippen molar-refractivity contribution in [2.75, 3.05) is 31.3 Å². The first-order valence-corrected chi connectivity index (χ1v) is 12.5. The van der Waals surface area contributed by atoms with Gasteiger partial charge in [0.1, 0.15) is 0 Å². The molecule has 4 aliphatic heterocycles. The van der Waals surface area contributed by atoms with Crippen LogP contribution < -0.4 is 19.7 Å². The largest absolute Gasteiger partial charge is 0.454 e. The van der Waals surface area contributed by atoms with Crippen LogP contribution in [0, 0.1) is 15.5 Å². The van der Waals surface area contributed by atoms with Gasteiger partial charge in [-0.05, 0) is 43.2 Å². The average molecular weight is 522 g/mol. The number of urea groups is 1. The topological polar surface area (TPSA) is 135 Å². The minimum atomic E-state index is -1.62. The first kappa shape index (κ1) is 24.2. The molecule has 2 saturated heterocycles. The number of anilines is 1. The lowest BCUT2D eigenvalue weighted by Gasteiger charge is -2.55. The average Bonchev–Trinajstić information content (AvgIpc) is 3.34. The highest BCUT2D eigenvalue weighted by Crippen LogP contribution is 2.47. The van der Waals surface area contributed by atoms with Crippen LogP contribution in [0.1, 0.15) is 25.0 Å². The number of imide groups is 2. The number of amides is 4. The Morgan fingerprint density at radius 3 is 2.66 bits per heavy atom. The second-order valence-electron chi connectivity index (χ2n) is 10.4. The molecular formula is C26H27N5O7. The maximum atomic E-state index is 14.1. The van der Waals surface area contributed by atoms with E-state index in [9.17, 15) is 24.5 Å². The van der Waals surface area contributed by atoms with E-state index in [0.717, 1.165) is 16.2 Å². The van der Waals surface area contributed by atoms with Crippen LogP contribution in [0.4, 0.5) is 16.2 Å². The van der Waals surface area contributed by atoms with Crippen molar-refractivity contribution >= 4 is 29.2 Å². The molecule has 2 aromatic carbocycles. The molecule has 0 aliphatic carbocycles. The van der Waals surface area contributed by atoms with Gasteiger partial charge in [0.2, 0.25) is 18.6 Å². The molecule has 198 valence electrons. The molecular weight excluding hydrogens is 494 g/mol. The normalized spacial score (nSPS) is 24.5. The highest BCUT2D eigenvalue weighted by Gasteiger charge is 2.63. The smallest absolute Gasteiger partial charge is 0.331 e. The summed E-state index contributed by atoms with van der Waals surface area (Å²) in [6.45, 7) is 5.69. The molecule has 2 aromatic rings. The molecule has 4 heterocycles. The molecule has 12 heteroatoms. The van der Waals surface area contributed by atoms with Crippen LogP contribution in [-0.4, -0.2) is 71.1 Å². The highest BCUT2D eigenvalue weighted by molar-refractivity contribution is 6.20. The lowest BCUT2D eigenvalue weighted by Crippen LogP contribution is -2.75. The van der Waals surface area contributed by atoms with E-state index in [4.69, 9.17) is 9.47 Å². The van der Waals surface area contributed by atoms with Gasteiger partial charge in [-0.15, -0.1) is 0 Å². The number of barbiturate groups is 1. The number of nitrogens with zero attached hydrogens (tertiary/aromatic N) is 4. The first-order chi connectivity index (χ1) is 18.2. The van der Waals surface area contributed by atoms with E-state index in [0.29, 0.717) is 43.2 Å². The quantitative estimate of drug-likeness (QED) is 0.364. The van der Waals surface area contributed by atoms with Gasteiger partial charge in [-0.25, -0.2) is 4.79 Å². The Labute approximate surface area is 218 Å². The van der Waals surface area contributed by atoms with Crippen molar-refractivity contribution in [1.29, 1.82) is 0 Å². The number of hydrogen-bond donors (Lipinski definition) is 1. The Hall–Kier alpha value is -4.19. The summed E-state index contributed by atoms with van der Waals surface area (Å²) in [6.07, 6.45) is -0.0375. The highest BCUT2D eigenvalue weighted by atomic mass is 16.7. The number of ether oxygens (including phenoxy) is 2. The van der Waals surface area contributed by atoms with E-state index >= 15 is 0 Å². The number of carbonyl (C=O) groups is 3. The third-order valence-corrected chi connectivity index (χ3v) is 7.89. The Bertz CT molecular complexity index is 1380. The zero-order valence-corrected chi connectivity index (χ0v) is 21.0. The zero-order chi connectivity index (χ0) is 26.8. The number of nitro benzene ring substituents is 1. The van der Waals surface area contributed by atoms with Gasteiger partial charge in [-0.3, -0.25) is 34.8 Å². The van der Waals surface area contributed by atoms with E-state index in [1.165, 1.54) is 12.1 Å². The van der Waals surface area contributed by atoms with Gasteiger partial charge in [0.15, 0.2) is 16.9 Å². The number of non-ortho nitro benzene ring substituents is 1. The van der Waals surface area contributed by atoms with Gasteiger partial charge < -0.3 is 14.4 Å². The van der Waals surface area contributed by atoms with Crippen molar-refractivity contribution in [3.63, 3.8) is 0 Å². The van der Waals surface area contributed by atoms with Gasteiger partial charge in [0.25, 0.3) is 5.69 Å². The Balaban J connectivity index is 1.40. The molecule has 1 N–H and O–H groups in total. The molecule has 12 nitrogen and oxygen atoms in total. The third kappa shape index (κ3) is 3.58. The standard InChI is InChI=1S/C26H27N5O7/c1-15(2)30-24(33)26(23(32)27-25(30)34)11-17-10-18(31(35)36)4-5-19(17)29-8-7-28(13-22(26)29)12-16-3-6-20-21(9-16)38-14-37-20/h3-6,9-10,15,22H,7-8,11-14H2,1-2H3,(H,27,32,34)/t22-,26+/m1/s1. The molecule has 1 spiro atoms. The maximum absolute atomic E-state index is 14.1. The summed E-state index contributed by atoms with van der Waals surface area (Å²) >= 11 is 0. The summed E-state index contributed by atoms with van der Waals surface area (Å²) in [6, 6.07) is 8.52. The van der Waals surface area contributed by atoms with E-state index < -0.39 is 40.3 Å². The van der Waals surface area contributed by atoms with Crippen molar-refractivity contribution < 1.29 is 28.8 Å². The number of hydrogen-bond acceptors (Lipinski definition) is 9. The molecule has 0 aromatic heterocycles. The van der Waals surface area contributed by atoms with E-state index in [1.807, 2.05) is 23.1 Å². The molecule has 38 heavy (non-hydrogen) atoms. The van der Waals surface area contributed by atoms with Gasteiger partial charge in [0, 0.05) is 56.5 Å². The SMILES string of the molecule is CC(C)N1C(=O)NC(=O)[C@@]2(Cc3cc([N+](=O)[O-])ccc3N3CCN(Cc4ccc5c(c4)OCO5)C[C@@H]32)C1=O. The lowest BCUT2D eigenvalue weighted by molar-refractivity contribution is -0.384. The van der Waals surface area contributed by atoms with Crippen molar-refractivity contribution in [2.45, 2.75) is 38.9 Å². The molecule has 0 radical (unpaired) electrons. The van der Waals surface area contributed by atoms with Crippen LogP contribution >= 0.6 is 0 Å². The fourth-order valence-electron chi connectivity index (χ4n) is 6.11. The second-order valence-corrected chi connectivity index (χ2v) is 10.4. The summed E-state index contributed by atoms with van der Waals surface area (Å²) in [7, 11) is 0. The Morgan fingerprint density at radius 2 is 1.89 bits per heavy atom. The van der Waals surface area contributed by atoms with Crippen molar-refractivity contribution in [3.8, 4) is 11.5 Å². The summed E-state index contributed by atoms with van der Waals surface area (Å²) in [5.41, 5.74) is 0.582. The van der Waals surface area contributed by atoms with Gasteiger partial charge in [0.05, 0.1) is 11.0 Å². The number of carbonyl (C=O) groups excluding carboxylic acids is 3. The Morgan fingerprint density at radius 1 is 1.11 bits per heavy atom. The summed E-state index contributed by atoms with van der Waals surface area (Å²) in [5.74, 6) is 0.136. The predicted molar refractivity (Wildman–Crippen MR) is 134 cm³/mol. The molecule has 0 bridgehead atoms.